The van der Waals surface area contributed by atoms with Crippen LogP contribution in [-0.4, -0.2) is 41.0 Å². The third-order valence-electron chi connectivity index (χ3n) is 5.58. The van der Waals surface area contributed by atoms with Crippen molar-refractivity contribution in [2.75, 3.05) is 19.7 Å². The number of esters is 1. The van der Waals surface area contributed by atoms with Crippen molar-refractivity contribution >= 4 is 23.5 Å². The molecule has 1 amide bonds. The summed E-state index contributed by atoms with van der Waals surface area (Å²) < 4.78 is 20.2. The van der Waals surface area contributed by atoms with Gasteiger partial charge in [-0.3, -0.25) is 9.59 Å². The van der Waals surface area contributed by atoms with E-state index in [2.05, 4.69) is 0 Å². The van der Waals surface area contributed by atoms with Gasteiger partial charge in [0.2, 0.25) is 0 Å². The summed E-state index contributed by atoms with van der Waals surface area (Å²) in [6.45, 7) is 3.32. The van der Waals surface area contributed by atoms with E-state index < -0.39 is 0 Å². The SMILES string of the molecule is CCOC(=O)CC(c1ccc(F)cc1)C1CCN(C(=O)c2cc(Cl)cn2C)CC1. The first-order chi connectivity index (χ1) is 13.9. The molecule has 5 nitrogen and oxygen atoms in total. The van der Waals surface area contributed by atoms with E-state index in [1.165, 1.54) is 12.1 Å². The largest absolute Gasteiger partial charge is 0.466 e. The minimum atomic E-state index is -0.301. The van der Waals surface area contributed by atoms with Crippen LogP contribution >= 0.6 is 11.6 Å². The van der Waals surface area contributed by atoms with Crippen molar-refractivity contribution < 1.29 is 18.7 Å². The Balaban J connectivity index is 1.70. The monoisotopic (exact) mass is 420 g/mol. The Bertz CT molecular complexity index is 857. The summed E-state index contributed by atoms with van der Waals surface area (Å²) >= 11 is 6.00. The van der Waals surface area contributed by atoms with E-state index in [-0.39, 0.29) is 36.0 Å². The molecule has 7 heteroatoms. The number of nitrogens with zero attached hydrogens (tertiary/aromatic N) is 2. The lowest BCUT2D eigenvalue weighted by atomic mass is 9.78. The summed E-state index contributed by atoms with van der Waals surface area (Å²) in [6.07, 6.45) is 3.51. The second kappa shape index (κ2) is 9.44. The van der Waals surface area contributed by atoms with Crippen molar-refractivity contribution in [2.45, 2.75) is 32.1 Å². The molecule has 1 unspecified atom stereocenters. The lowest BCUT2D eigenvalue weighted by Crippen LogP contribution is -2.40. The molecule has 156 valence electrons. The predicted octanol–water partition coefficient (Wildman–Crippen LogP) is 4.41. The van der Waals surface area contributed by atoms with E-state index in [0.29, 0.717) is 30.4 Å². The average molecular weight is 421 g/mol. The number of aromatic nitrogens is 1. The van der Waals surface area contributed by atoms with Crippen molar-refractivity contribution in [1.29, 1.82) is 0 Å². The highest BCUT2D eigenvalue weighted by molar-refractivity contribution is 6.31. The Hall–Kier alpha value is -2.34. The normalized spacial score (nSPS) is 15.9. The molecule has 3 rings (SSSR count). The van der Waals surface area contributed by atoms with Crippen LogP contribution in [0.2, 0.25) is 5.02 Å². The van der Waals surface area contributed by atoms with E-state index in [1.54, 1.807) is 42.9 Å². The van der Waals surface area contributed by atoms with Gasteiger partial charge in [0.25, 0.3) is 5.91 Å². The maximum absolute atomic E-state index is 13.4. The first-order valence-corrected chi connectivity index (χ1v) is 10.3. The molecule has 1 saturated heterocycles. The highest BCUT2D eigenvalue weighted by atomic mass is 35.5. The number of hydrogen-bond acceptors (Lipinski definition) is 3. The van der Waals surface area contributed by atoms with Crippen molar-refractivity contribution in [3.63, 3.8) is 0 Å². The number of hydrogen-bond donors (Lipinski definition) is 0. The average Bonchev–Trinajstić information content (AvgIpc) is 3.05. The quantitative estimate of drug-likeness (QED) is 0.650. The van der Waals surface area contributed by atoms with E-state index in [9.17, 15) is 14.0 Å². The molecule has 1 aromatic carbocycles. The molecular weight excluding hydrogens is 395 g/mol. The van der Waals surface area contributed by atoms with Crippen LogP contribution in [0.25, 0.3) is 0 Å². The summed E-state index contributed by atoms with van der Waals surface area (Å²) in [5.41, 5.74) is 1.49. The van der Waals surface area contributed by atoms with Crippen LogP contribution in [-0.2, 0) is 16.6 Å². The van der Waals surface area contributed by atoms with Crippen LogP contribution in [0, 0.1) is 11.7 Å². The first kappa shape index (κ1) is 21.4. The van der Waals surface area contributed by atoms with Crippen molar-refractivity contribution in [3.05, 3.63) is 58.6 Å². The molecule has 0 spiro atoms. The van der Waals surface area contributed by atoms with Crippen LogP contribution in [0.1, 0.15) is 48.2 Å². The molecule has 1 aliphatic rings. The molecule has 1 aliphatic heterocycles. The second-order valence-corrected chi connectivity index (χ2v) is 7.89. The van der Waals surface area contributed by atoms with Gasteiger partial charge in [-0.2, -0.15) is 0 Å². The number of piperidine rings is 1. The number of carbonyl (C=O) groups is 2. The Kier molecular flexibility index (Phi) is 6.96. The topological polar surface area (TPSA) is 51.5 Å². The van der Waals surface area contributed by atoms with Crippen LogP contribution in [0.4, 0.5) is 4.39 Å². The molecular formula is C22H26ClFN2O3. The number of ether oxygens (including phenoxy) is 1. The minimum absolute atomic E-state index is 0.0402. The predicted molar refractivity (Wildman–Crippen MR) is 109 cm³/mol. The Morgan fingerprint density at radius 1 is 1.24 bits per heavy atom. The molecule has 29 heavy (non-hydrogen) atoms. The zero-order valence-corrected chi connectivity index (χ0v) is 17.5. The molecule has 0 N–H and O–H groups in total. The number of amides is 1. The number of likely N-dealkylation sites (tertiary alicyclic amines) is 1. The van der Waals surface area contributed by atoms with E-state index in [4.69, 9.17) is 16.3 Å². The molecule has 2 aromatic rings. The standard InChI is InChI=1S/C22H26ClFN2O3/c1-3-29-21(27)13-19(15-4-6-18(24)7-5-15)16-8-10-26(11-9-16)22(28)20-12-17(23)14-25(20)2/h4-7,12,14,16,19H,3,8-11,13H2,1-2H3. The van der Waals surface area contributed by atoms with Gasteiger partial charge in [-0.25, -0.2) is 4.39 Å². The number of halogens is 2. The molecule has 1 aromatic heterocycles. The fourth-order valence-electron chi connectivity index (χ4n) is 4.07. The van der Waals surface area contributed by atoms with Gasteiger partial charge in [0.05, 0.1) is 18.1 Å². The summed E-state index contributed by atoms with van der Waals surface area (Å²) in [5, 5.41) is 0.538. The molecule has 1 fully saturated rings. The maximum Gasteiger partial charge on any atom is 0.306 e. The van der Waals surface area contributed by atoms with Gasteiger partial charge >= 0.3 is 5.97 Å². The fourth-order valence-corrected chi connectivity index (χ4v) is 4.32. The molecule has 0 saturated carbocycles. The van der Waals surface area contributed by atoms with Gasteiger partial charge in [-0.1, -0.05) is 23.7 Å². The van der Waals surface area contributed by atoms with Crippen LogP contribution < -0.4 is 0 Å². The van der Waals surface area contributed by atoms with Gasteiger partial charge in [0.1, 0.15) is 11.5 Å². The van der Waals surface area contributed by atoms with Crippen molar-refractivity contribution in [2.24, 2.45) is 13.0 Å². The van der Waals surface area contributed by atoms with Crippen molar-refractivity contribution in [3.8, 4) is 0 Å². The van der Waals surface area contributed by atoms with Crippen molar-refractivity contribution in [1.82, 2.24) is 9.47 Å². The highest BCUT2D eigenvalue weighted by Gasteiger charge is 2.32. The Morgan fingerprint density at radius 2 is 1.90 bits per heavy atom. The fraction of sp³-hybridized carbons (Fsp3) is 0.455. The lowest BCUT2D eigenvalue weighted by molar-refractivity contribution is -0.144. The van der Waals surface area contributed by atoms with Crippen LogP contribution in [0.3, 0.4) is 0 Å². The number of benzene rings is 1. The maximum atomic E-state index is 13.4. The van der Waals surface area contributed by atoms with Gasteiger partial charge < -0.3 is 14.2 Å². The number of carbonyl (C=O) groups excluding carboxylic acids is 2. The third-order valence-corrected chi connectivity index (χ3v) is 5.78. The Labute approximate surface area is 175 Å². The zero-order chi connectivity index (χ0) is 21.0. The van der Waals surface area contributed by atoms with Gasteiger partial charge in [0, 0.05) is 26.3 Å². The van der Waals surface area contributed by atoms with E-state index in [0.717, 1.165) is 18.4 Å². The van der Waals surface area contributed by atoms with E-state index in [1.807, 2.05) is 4.90 Å². The summed E-state index contributed by atoms with van der Waals surface area (Å²) in [5.74, 6) is -0.437. The van der Waals surface area contributed by atoms with Gasteiger partial charge in [-0.15, -0.1) is 0 Å². The molecule has 2 heterocycles. The zero-order valence-electron chi connectivity index (χ0n) is 16.7. The van der Waals surface area contributed by atoms with Gasteiger partial charge in [0.15, 0.2) is 0 Å². The Morgan fingerprint density at radius 3 is 2.45 bits per heavy atom. The second-order valence-electron chi connectivity index (χ2n) is 7.45. The summed E-state index contributed by atoms with van der Waals surface area (Å²) in [7, 11) is 1.80. The third kappa shape index (κ3) is 5.18. The molecule has 1 atom stereocenters. The smallest absolute Gasteiger partial charge is 0.306 e. The first-order valence-electron chi connectivity index (χ1n) is 9.91. The number of rotatable bonds is 6. The highest BCUT2D eigenvalue weighted by Crippen LogP contribution is 2.36. The number of aryl methyl sites for hydroxylation is 1. The summed E-state index contributed by atoms with van der Waals surface area (Å²) in [4.78, 5) is 26.8. The van der Waals surface area contributed by atoms with Crippen LogP contribution in [0.5, 0.6) is 0 Å². The summed E-state index contributed by atoms with van der Waals surface area (Å²) in [6, 6.07) is 8.00. The minimum Gasteiger partial charge on any atom is -0.466 e. The van der Waals surface area contributed by atoms with Crippen LogP contribution in [0.15, 0.2) is 36.5 Å². The lowest BCUT2D eigenvalue weighted by Gasteiger charge is -2.36. The van der Waals surface area contributed by atoms with Gasteiger partial charge in [-0.05, 0) is 55.4 Å². The van der Waals surface area contributed by atoms with E-state index >= 15 is 0 Å². The molecule has 0 aliphatic carbocycles. The molecule has 0 bridgehead atoms. The molecule has 0 radical (unpaired) electrons.